The zero-order valence-electron chi connectivity index (χ0n) is 6.97. The Labute approximate surface area is 86.5 Å². The number of aromatic carboxylic acids is 1. The summed E-state index contributed by atoms with van der Waals surface area (Å²) < 4.78 is 36.6. The van der Waals surface area contributed by atoms with E-state index in [1.807, 2.05) is 0 Å². The molecule has 1 rings (SSSR count). The van der Waals surface area contributed by atoms with Gasteiger partial charge in [-0.15, -0.1) is 0 Å². The minimum Gasteiger partial charge on any atom is -0.476 e. The highest BCUT2D eigenvalue weighted by molar-refractivity contribution is 6.35. The number of aromatic nitrogens is 1. The third kappa shape index (κ3) is 2.30. The Morgan fingerprint density at radius 3 is 2.47 bits per heavy atom. The van der Waals surface area contributed by atoms with Crippen molar-refractivity contribution >= 4 is 23.3 Å². The van der Waals surface area contributed by atoms with Crippen molar-refractivity contribution in [1.29, 1.82) is 0 Å². The number of nitrogens with two attached hydrogens (primary N) is 1. The second-order valence-electron chi connectivity index (χ2n) is 2.56. The molecule has 82 valence electrons. The van der Waals surface area contributed by atoms with Crippen LogP contribution in [0.1, 0.15) is 16.2 Å². The van der Waals surface area contributed by atoms with E-state index in [0.29, 0.717) is 6.07 Å². The van der Waals surface area contributed by atoms with Gasteiger partial charge < -0.3 is 10.8 Å². The lowest BCUT2D eigenvalue weighted by molar-refractivity contribution is -0.141. The maximum atomic E-state index is 12.2. The molecule has 4 nitrogen and oxygen atoms in total. The molecule has 0 aliphatic rings. The average molecular weight is 241 g/mol. The van der Waals surface area contributed by atoms with Gasteiger partial charge in [0.15, 0.2) is 5.69 Å². The quantitative estimate of drug-likeness (QED) is 0.787. The topological polar surface area (TPSA) is 76.2 Å². The van der Waals surface area contributed by atoms with Gasteiger partial charge in [0.05, 0.1) is 10.7 Å². The summed E-state index contributed by atoms with van der Waals surface area (Å²) in [6.07, 6.45) is -4.76. The highest BCUT2D eigenvalue weighted by Crippen LogP contribution is 2.32. The molecular formula is C7H4ClF3N2O2. The van der Waals surface area contributed by atoms with Crippen LogP contribution in [-0.2, 0) is 6.18 Å². The Kier molecular flexibility index (Phi) is 2.76. The van der Waals surface area contributed by atoms with Gasteiger partial charge in [0, 0.05) is 0 Å². The number of pyridine rings is 1. The molecule has 0 aromatic carbocycles. The first-order valence-electron chi connectivity index (χ1n) is 3.50. The Hall–Kier alpha value is -1.50. The Morgan fingerprint density at radius 1 is 1.53 bits per heavy atom. The molecule has 0 unspecified atom stereocenters. The van der Waals surface area contributed by atoms with Crippen molar-refractivity contribution in [3.63, 3.8) is 0 Å². The van der Waals surface area contributed by atoms with Crippen LogP contribution in [0.3, 0.4) is 0 Å². The van der Waals surface area contributed by atoms with Crippen LogP contribution in [0, 0.1) is 0 Å². The van der Waals surface area contributed by atoms with E-state index in [2.05, 4.69) is 4.98 Å². The molecular weight excluding hydrogens is 237 g/mol. The molecule has 0 bridgehead atoms. The second kappa shape index (κ2) is 3.58. The van der Waals surface area contributed by atoms with Crippen LogP contribution in [0.2, 0.25) is 5.02 Å². The highest BCUT2D eigenvalue weighted by Gasteiger charge is 2.34. The maximum absolute atomic E-state index is 12.2. The summed E-state index contributed by atoms with van der Waals surface area (Å²) in [6.45, 7) is 0. The lowest BCUT2D eigenvalue weighted by Gasteiger charge is -2.09. The summed E-state index contributed by atoms with van der Waals surface area (Å²) in [5.74, 6) is -1.67. The molecule has 0 aliphatic carbocycles. The minimum absolute atomic E-state index is 0.476. The number of nitrogens with zero attached hydrogens (tertiary/aromatic N) is 1. The summed E-state index contributed by atoms with van der Waals surface area (Å²) in [5.41, 5.74) is 2.34. The first kappa shape index (κ1) is 11.6. The van der Waals surface area contributed by atoms with Crippen molar-refractivity contribution < 1.29 is 23.1 Å². The van der Waals surface area contributed by atoms with Gasteiger partial charge in [-0.2, -0.15) is 13.2 Å². The van der Waals surface area contributed by atoms with Gasteiger partial charge in [-0.3, -0.25) is 0 Å². The minimum atomic E-state index is -4.76. The average Bonchev–Trinajstić information content (AvgIpc) is 2.06. The highest BCUT2D eigenvalue weighted by atomic mass is 35.5. The van der Waals surface area contributed by atoms with E-state index in [4.69, 9.17) is 22.4 Å². The van der Waals surface area contributed by atoms with Gasteiger partial charge >= 0.3 is 12.1 Å². The van der Waals surface area contributed by atoms with Crippen LogP contribution in [0.5, 0.6) is 0 Å². The lowest BCUT2D eigenvalue weighted by atomic mass is 10.2. The second-order valence-corrected chi connectivity index (χ2v) is 2.94. The van der Waals surface area contributed by atoms with Crippen LogP contribution >= 0.6 is 11.6 Å². The number of carboxylic acids is 1. The molecule has 0 saturated carbocycles. The van der Waals surface area contributed by atoms with Gasteiger partial charge in [-0.05, 0) is 6.07 Å². The lowest BCUT2D eigenvalue weighted by Crippen LogP contribution is -2.13. The SMILES string of the molecule is Nc1cc(C(F)(F)F)nc(C(=O)O)c1Cl. The van der Waals surface area contributed by atoms with Gasteiger partial charge in [0.25, 0.3) is 0 Å². The van der Waals surface area contributed by atoms with Crippen molar-refractivity contribution in [2.24, 2.45) is 0 Å². The molecule has 0 radical (unpaired) electrons. The molecule has 1 aromatic heterocycles. The van der Waals surface area contributed by atoms with E-state index >= 15 is 0 Å². The smallest absolute Gasteiger partial charge is 0.433 e. The van der Waals surface area contributed by atoms with E-state index in [1.165, 1.54) is 0 Å². The molecule has 3 N–H and O–H groups in total. The number of hydrogen-bond acceptors (Lipinski definition) is 3. The Balaban J connectivity index is 3.43. The van der Waals surface area contributed by atoms with Crippen LogP contribution in [0.4, 0.5) is 18.9 Å². The number of carboxylic acid groups (broad SMARTS) is 1. The number of rotatable bonds is 1. The standard InChI is InChI=1S/C7H4ClF3N2O2/c8-4-2(12)1-3(7(9,10)11)13-5(4)6(14)15/h1H,(H2,12,13)(H,14,15). The van der Waals surface area contributed by atoms with Crippen molar-refractivity contribution in [3.8, 4) is 0 Å². The molecule has 0 saturated heterocycles. The molecule has 0 amide bonds. The molecule has 8 heteroatoms. The summed E-state index contributed by atoms with van der Waals surface area (Å²) in [7, 11) is 0. The number of carbonyl (C=O) groups is 1. The fraction of sp³-hybridized carbons (Fsp3) is 0.143. The van der Waals surface area contributed by atoms with Gasteiger partial charge in [-0.25, -0.2) is 9.78 Å². The van der Waals surface area contributed by atoms with Gasteiger partial charge in [0.2, 0.25) is 0 Å². The van der Waals surface area contributed by atoms with Crippen LogP contribution in [0.25, 0.3) is 0 Å². The number of alkyl halides is 3. The number of nitrogen functional groups attached to an aromatic ring is 1. The van der Waals surface area contributed by atoms with Crippen molar-refractivity contribution in [1.82, 2.24) is 4.98 Å². The first-order chi connectivity index (χ1) is 6.73. The van der Waals surface area contributed by atoms with E-state index in [0.717, 1.165) is 0 Å². The number of halogens is 4. The van der Waals surface area contributed by atoms with Crippen LogP contribution in [0.15, 0.2) is 6.07 Å². The normalized spacial score (nSPS) is 11.5. The molecule has 0 spiro atoms. The van der Waals surface area contributed by atoms with E-state index < -0.39 is 34.2 Å². The number of hydrogen-bond donors (Lipinski definition) is 2. The summed E-state index contributed by atoms with van der Waals surface area (Å²) >= 11 is 5.37. The Morgan fingerprint density at radius 2 is 2.07 bits per heavy atom. The zero-order valence-corrected chi connectivity index (χ0v) is 7.73. The van der Waals surface area contributed by atoms with Crippen LogP contribution in [-0.4, -0.2) is 16.1 Å². The summed E-state index contributed by atoms with van der Waals surface area (Å²) in [4.78, 5) is 13.4. The zero-order chi connectivity index (χ0) is 11.8. The third-order valence-corrected chi connectivity index (χ3v) is 1.88. The van der Waals surface area contributed by atoms with E-state index in [-0.39, 0.29) is 0 Å². The summed E-state index contributed by atoms with van der Waals surface area (Å²) in [6, 6.07) is 0.481. The van der Waals surface area contributed by atoms with Gasteiger partial charge in [0.1, 0.15) is 5.69 Å². The van der Waals surface area contributed by atoms with Crippen molar-refractivity contribution in [2.45, 2.75) is 6.18 Å². The van der Waals surface area contributed by atoms with E-state index in [1.54, 1.807) is 0 Å². The summed E-state index contributed by atoms with van der Waals surface area (Å²) in [5, 5.41) is 8.01. The largest absolute Gasteiger partial charge is 0.476 e. The third-order valence-electron chi connectivity index (χ3n) is 1.48. The first-order valence-corrected chi connectivity index (χ1v) is 3.87. The predicted octanol–water partition coefficient (Wildman–Crippen LogP) is 2.03. The Bertz CT molecular complexity index is 419. The van der Waals surface area contributed by atoms with Gasteiger partial charge in [-0.1, -0.05) is 11.6 Å². The van der Waals surface area contributed by atoms with E-state index in [9.17, 15) is 18.0 Å². The predicted molar refractivity (Wildman–Crippen MR) is 45.6 cm³/mol. The fourth-order valence-electron chi connectivity index (χ4n) is 0.836. The van der Waals surface area contributed by atoms with Crippen molar-refractivity contribution in [3.05, 3.63) is 22.5 Å². The maximum Gasteiger partial charge on any atom is 0.433 e. The van der Waals surface area contributed by atoms with Crippen LogP contribution < -0.4 is 5.73 Å². The molecule has 0 atom stereocenters. The fourth-order valence-corrected chi connectivity index (χ4v) is 1.01. The van der Waals surface area contributed by atoms with Crippen molar-refractivity contribution in [2.75, 3.05) is 5.73 Å². The molecule has 1 heterocycles. The molecule has 1 aromatic rings. The monoisotopic (exact) mass is 240 g/mol. The molecule has 0 fully saturated rings. The number of anilines is 1. The molecule has 0 aliphatic heterocycles. The molecule has 15 heavy (non-hydrogen) atoms.